The first-order valence-corrected chi connectivity index (χ1v) is 6.59. The third kappa shape index (κ3) is 6.37. The van der Waals surface area contributed by atoms with Gasteiger partial charge in [-0.1, -0.05) is 0 Å². The minimum Gasteiger partial charge on any atom is -0.481 e. The van der Waals surface area contributed by atoms with Crippen molar-refractivity contribution in [3.8, 4) is 0 Å². The van der Waals surface area contributed by atoms with Gasteiger partial charge < -0.3 is 25.6 Å². The molecule has 0 aromatic rings. The second kappa shape index (κ2) is 8.36. The Labute approximate surface area is 116 Å². The number of aliphatic carboxylic acids is 2. The Balaban J connectivity index is 2.23. The van der Waals surface area contributed by atoms with Gasteiger partial charge >= 0.3 is 18.0 Å². The molecule has 0 radical (unpaired) electrons. The van der Waals surface area contributed by atoms with Gasteiger partial charge in [0, 0.05) is 13.2 Å². The Kier molecular flexibility index (Phi) is 6.78. The summed E-state index contributed by atoms with van der Waals surface area (Å²) in [6.07, 6.45) is 3.24. The number of urea groups is 1. The molecule has 1 aliphatic rings. The zero-order valence-corrected chi connectivity index (χ0v) is 11.1. The average Bonchev–Trinajstić information content (AvgIpc) is 2.38. The number of amides is 2. The highest BCUT2D eigenvalue weighted by atomic mass is 16.5. The van der Waals surface area contributed by atoms with E-state index in [4.69, 9.17) is 14.9 Å². The molecule has 20 heavy (non-hydrogen) atoms. The van der Waals surface area contributed by atoms with Crippen molar-refractivity contribution in [1.29, 1.82) is 0 Å². The van der Waals surface area contributed by atoms with E-state index >= 15 is 0 Å². The maximum Gasteiger partial charge on any atom is 0.326 e. The van der Waals surface area contributed by atoms with Crippen LogP contribution in [0.4, 0.5) is 4.79 Å². The molecule has 8 heteroatoms. The predicted octanol–water partition coefficient (Wildman–Crippen LogP) is 0.173. The second-order valence-corrected chi connectivity index (χ2v) is 4.67. The van der Waals surface area contributed by atoms with Crippen LogP contribution < -0.4 is 10.6 Å². The van der Waals surface area contributed by atoms with E-state index in [1.54, 1.807) is 0 Å². The van der Waals surface area contributed by atoms with Crippen molar-refractivity contribution in [1.82, 2.24) is 10.6 Å². The minimum atomic E-state index is -1.43. The Hall–Kier alpha value is -1.83. The van der Waals surface area contributed by atoms with Crippen LogP contribution in [0.5, 0.6) is 0 Å². The lowest BCUT2D eigenvalue weighted by Gasteiger charge is -2.22. The molecule has 1 unspecified atom stereocenters. The van der Waals surface area contributed by atoms with Gasteiger partial charge in [-0.2, -0.15) is 0 Å². The standard InChI is InChI=1S/C12H20N2O6/c15-10(16)7-9(11(17)18)14-12(19)13-5-4-8-3-1-2-6-20-8/h8-9H,1-7H2,(H,15,16)(H,17,18)(H2,13,14,19)/t8?,9-/m1/s1. The van der Waals surface area contributed by atoms with Crippen molar-refractivity contribution in [2.24, 2.45) is 0 Å². The molecule has 4 N–H and O–H groups in total. The van der Waals surface area contributed by atoms with Gasteiger partial charge in [-0.3, -0.25) is 4.79 Å². The highest BCUT2D eigenvalue weighted by Gasteiger charge is 2.23. The summed E-state index contributed by atoms with van der Waals surface area (Å²) < 4.78 is 5.49. The van der Waals surface area contributed by atoms with Gasteiger partial charge in [0.2, 0.25) is 0 Å². The van der Waals surface area contributed by atoms with Crippen molar-refractivity contribution in [2.45, 2.75) is 44.2 Å². The molecule has 2 atom stereocenters. The minimum absolute atomic E-state index is 0.123. The number of carbonyl (C=O) groups is 3. The molecule has 1 fully saturated rings. The molecule has 114 valence electrons. The quantitative estimate of drug-likeness (QED) is 0.529. The van der Waals surface area contributed by atoms with Crippen molar-refractivity contribution in [3.05, 3.63) is 0 Å². The maximum atomic E-state index is 11.5. The lowest BCUT2D eigenvalue weighted by molar-refractivity contribution is -0.145. The number of nitrogens with one attached hydrogen (secondary N) is 2. The average molecular weight is 288 g/mol. The molecule has 0 aromatic heterocycles. The Morgan fingerprint density at radius 3 is 2.55 bits per heavy atom. The number of ether oxygens (including phenoxy) is 1. The monoisotopic (exact) mass is 288 g/mol. The zero-order chi connectivity index (χ0) is 15.0. The molecule has 1 saturated heterocycles. The summed E-state index contributed by atoms with van der Waals surface area (Å²) in [6, 6.07) is -2.12. The van der Waals surface area contributed by atoms with Crippen LogP contribution in [0, 0.1) is 0 Å². The maximum absolute atomic E-state index is 11.5. The van der Waals surface area contributed by atoms with Crippen molar-refractivity contribution >= 4 is 18.0 Å². The molecule has 1 rings (SSSR count). The van der Waals surface area contributed by atoms with Crippen LogP contribution in [-0.4, -0.2) is 53.5 Å². The largest absolute Gasteiger partial charge is 0.481 e. The fourth-order valence-electron chi connectivity index (χ4n) is 1.97. The van der Waals surface area contributed by atoms with Gasteiger partial charge in [-0.05, 0) is 25.7 Å². The van der Waals surface area contributed by atoms with E-state index in [2.05, 4.69) is 10.6 Å². The summed E-state index contributed by atoms with van der Waals surface area (Å²) in [5.74, 6) is -2.66. The third-order valence-electron chi connectivity index (χ3n) is 3.01. The molecule has 0 saturated carbocycles. The number of hydrogen-bond donors (Lipinski definition) is 4. The van der Waals surface area contributed by atoms with E-state index in [1.807, 2.05) is 0 Å². The first-order valence-electron chi connectivity index (χ1n) is 6.59. The molecule has 1 aliphatic heterocycles. The number of rotatable bonds is 7. The number of carboxylic acid groups (broad SMARTS) is 2. The zero-order valence-electron chi connectivity index (χ0n) is 11.1. The summed E-state index contributed by atoms with van der Waals surface area (Å²) in [5.41, 5.74) is 0. The fraction of sp³-hybridized carbons (Fsp3) is 0.750. The van der Waals surface area contributed by atoms with Crippen LogP contribution in [0.2, 0.25) is 0 Å². The summed E-state index contributed by atoms with van der Waals surface area (Å²) >= 11 is 0. The van der Waals surface area contributed by atoms with Gasteiger partial charge in [0.25, 0.3) is 0 Å². The van der Waals surface area contributed by atoms with E-state index in [0.717, 1.165) is 25.9 Å². The molecule has 8 nitrogen and oxygen atoms in total. The normalized spacial score (nSPS) is 19.9. The van der Waals surface area contributed by atoms with Gasteiger partial charge in [0.1, 0.15) is 6.04 Å². The summed E-state index contributed by atoms with van der Waals surface area (Å²) in [6.45, 7) is 1.09. The van der Waals surface area contributed by atoms with E-state index in [0.29, 0.717) is 13.0 Å². The predicted molar refractivity (Wildman–Crippen MR) is 68.4 cm³/mol. The summed E-state index contributed by atoms with van der Waals surface area (Å²) in [7, 11) is 0. The second-order valence-electron chi connectivity index (χ2n) is 4.67. The van der Waals surface area contributed by atoms with E-state index < -0.39 is 30.4 Å². The van der Waals surface area contributed by atoms with Crippen LogP contribution in [-0.2, 0) is 14.3 Å². The molecular formula is C12H20N2O6. The van der Waals surface area contributed by atoms with Gasteiger partial charge in [0.15, 0.2) is 0 Å². The Morgan fingerprint density at radius 1 is 1.25 bits per heavy atom. The van der Waals surface area contributed by atoms with E-state index in [-0.39, 0.29) is 6.10 Å². The van der Waals surface area contributed by atoms with Crippen LogP contribution in [0.3, 0.4) is 0 Å². The van der Waals surface area contributed by atoms with Crippen molar-refractivity contribution < 1.29 is 29.3 Å². The smallest absolute Gasteiger partial charge is 0.326 e. The third-order valence-corrected chi connectivity index (χ3v) is 3.01. The van der Waals surface area contributed by atoms with Crippen LogP contribution in [0.15, 0.2) is 0 Å². The Bertz CT molecular complexity index is 354. The molecule has 0 aliphatic carbocycles. The highest BCUT2D eigenvalue weighted by molar-refractivity contribution is 5.86. The van der Waals surface area contributed by atoms with Gasteiger partial charge in [0.05, 0.1) is 12.5 Å². The van der Waals surface area contributed by atoms with E-state index in [1.165, 1.54) is 0 Å². The van der Waals surface area contributed by atoms with Crippen LogP contribution in [0.25, 0.3) is 0 Å². The van der Waals surface area contributed by atoms with Crippen molar-refractivity contribution in [3.63, 3.8) is 0 Å². The topological polar surface area (TPSA) is 125 Å². The van der Waals surface area contributed by atoms with Crippen molar-refractivity contribution in [2.75, 3.05) is 13.2 Å². The Morgan fingerprint density at radius 2 is 2.00 bits per heavy atom. The molecular weight excluding hydrogens is 268 g/mol. The summed E-state index contributed by atoms with van der Waals surface area (Å²) in [4.78, 5) is 32.7. The van der Waals surface area contributed by atoms with Gasteiger partial charge in [-0.25, -0.2) is 9.59 Å². The number of carboxylic acids is 2. The van der Waals surface area contributed by atoms with Gasteiger partial charge in [-0.15, -0.1) is 0 Å². The molecule has 0 bridgehead atoms. The first-order chi connectivity index (χ1) is 9.49. The van der Waals surface area contributed by atoms with Crippen LogP contribution >= 0.6 is 0 Å². The molecule has 0 spiro atoms. The number of hydrogen-bond acceptors (Lipinski definition) is 4. The molecule has 0 aromatic carbocycles. The lowest BCUT2D eigenvalue weighted by Crippen LogP contribution is -2.47. The van der Waals surface area contributed by atoms with Crippen LogP contribution in [0.1, 0.15) is 32.1 Å². The molecule has 1 heterocycles. The summed E-state index contributed by atoms with van der Waals surface area (Å²) in [5, 5.41) is 21.9. The van der Waals surface area contributed by atoms with E-state index in [9.17, 15) is 14.4 Å². The molecule has 2 amide bonds. The lowest BCUT2D eigenvalue weighted by atomic mass is 10.1. The fourth-order valence-corrected chi connectivity index (χ4v) is 1.97. The number of carbonyl (C=O) groups excluding carboxylic acids is 1. The SMILES string of the molecule is O=C(O)C[C@@H](NC(=O)NCCC1CCCCO1)C(=O)O. The highest BCUT2D eigenvalue weighted by Crippen LogP contribution is 2.14. The first kappa shape index (κ1) is 16.2.